The number of carboxylic acids is 1. The summed E-state index contributed by atoms with van der Waals surface area (Å²) in [5, 5.41) is 34.9. The predicted molar refractivity (Wildman–Crippen MR) is 114 cm³/mol. The minimum absolute atomic E-state index is 0.0723. The van der Waals surface area contributed by atoms with Crippen LogP contribution in [-0.4, -0.2) is 75.0 Å². The maximum absolute atomic E-state index is 12.5. The van der Waals surface area contributed by atoms with Crippen LogP contribution in [0.2, 0.25) is 0 Å². The normalized spacial score (nSPS) is 15.6. The van der Waals surface area contributed by atoms with E-state index >= 15 is 0 Å². The summed E-state index contributed by atoms with van der Waals surface area (Å²) in [7, 11) is 0. The van der Waals surface area contributed by atoms with Gasteiger partial charge < -0.3 is 37.0 Å². The van der Waals surface area contributed by atoms with Gasteiger partial charge in [0.1, 0.15) is 23.9 Å². The van der Waals surface area contributed by atoms with Crippen LogP contribution in [0.1, 0.15) is 19.4 Å². The number of aliphatic carboxylic acids is 1. The van der Waals surface area contributed by atoms with Crippen molar-refractivity contribution in [1.29, 1.82) is 0 Å². The Kier molecular flexibility index (Phi) is 10.3. The second-order valence-corrected chi connectivity index (χ2v) is 7.38. The van der Waals surface area contributed by atoms with E-state index < -0.39 is 54.0 Å². The van der Waals surface area contributed by atoms with E-state index in [1.54, 1.807) is 12.1 Å². The zero-order valence-corrected chi connectivity index (χ0v) is 18.0. The molecular weight excluding hydrogens is 428 g/mol. The van der Waals surface area contributed by atoms with Crippen molar-refractivity contribution < 1.29 is 34.5 Å². The molecule has 0 aromatic heterocycles. The minimum Gasteiger partial charge on any atom is -0.508 e. The zero-order valence-electron chi connectivity index (χ0n) is 17.1. The highest BCUT2D eigenvalue weighted by Crippen LogP contribution is 2.11. The van der Waals surface area contributed by atoms with Crippen LogP contribution in [-0.2, 0) is 25.6 Å². The summed E-state index contributed by atoms with van der Waals surface area (Å²) < 4.78 is 0. The Morgan fingerprint density at radius 3 is 2.06 bits per heavy atom. The molecule has 5 atom stereocenters. The van der Waals surface area contributed by atoms with Crippen LogP contribution in [0, 0.1) is 0 Å². The van der Waals surface area contributed by atoms with E-state index in [0.29, 0.717) is 5.56 Å². The lowest BCUT2D eigenvalue weighted by Crippen LogP contribution is -2.60. The molecule has 0 saturated carbocycles. The van der Waals surface area contributed by atoms with Crippen LogP contribution in [0.25, 0.3) is 0 Å². The first-order chi connectivity index (χ1) is 14.5. The average Bonchev–Trinajstić information content (AvgIpc) is 2.70. The van der Waals surface area contributed by atoms with Crippen molar-refractivity contribution in [2.75, 3.05) is 5.75 Å². The Labute approximate surface area is 184 Å². The molecule has 1 rings (SSSR count). The van der Waals surface area contributed by atoms with Gasteiger partial charge >= 0.3 is 5.97 Å². The van der Waals surface area contributed by atoms with E-state index in [0.717, 1.165) is 0 Å². The van der Waals surface area contributed by atoms with Crippen LogP contribution in [0.3, 0.4) is 0 Å². The topological polar surface area (TPSA) is 191 Å². The molecule has 0 aliphatic rings. The highest BCUT2D eigenvalue weighted by Gasteiger charge is 2.31. The van der Waals surface area contributed by atoms with Gasteiger partial charge in [0.2, 0.25) is 17.7 Å². The van der Waals surface area contributed by atoms with Crippen molar-refractivity contribution in [3.8, 4) is 5.75 Å². The number of aliphatic hydroxyl groups is 1. The second kappa shape index (κ2) is 12.1. The van der Waals surface area contributed by atoms with E-state index in [2.05, 4.69) is 28.6 Å². The van der Waals surface area contributed by atoms with E-state index in [-0.39, 0.29) is 17.9 Å². The molecule has 8 N–H and O–H groups in total. The molecule has 1 aromatic carbocycles. The lowest BCUT2D eigenvalue weighted by Gasteiger charge is -2.25. The largest absolute Gasteiger partial charge is 0.508 e. The van der Waals surface area contributed by atoms with Gasteiger partial charge in [-0.2, -0.15) is 12.6 Å². The molecule has 0 spiro atoms. The maximum Gasteiger partial charge on any atom is 0.325 e. The van der Waals surface area contributed by atoms with Crippen molar-refractivity contribution in [2.24, 2.45) is 5.73 Å². The van der Waals surface area contributed by atoms with Crippen molar-refractivity contribution >= 4 is 36.3 Å². The number of phenolic OH excluding ortho intramolecular Hbond substituents is 1. The summed E-state index contributed by atoms with van der Waals surface area (Å²) in [5.74, 6) is -3.67. The number of amides is 3. The van der Waals surface area contributed by atoms with Gasteiger partial charge in [0, 0.05) is 5.75 Å². The molecule has 31 heavy (non-hydrogen) atoms. The van der Waals surface area contributed by atoms with Gasteiger partial charge in [0.25, 0.3) is 0 Å². The van der Waals surface area contributed by atoms with Crippen LogP contribution in [0.15, 0.2) is 24.3 Å². The van der Waals surface area contributed by atoms with Gasteiger partial charge in [-0.15, -0.1) is 0 Å². The fourth-order valence-electron chi connectivity index (χ4n) is 2.48. The number of phenols is 1. The minimum atomic E-state index is -1.45. The Morgan fingerprint density at radius 1 is 1.00 bits per heavy atom. The molecule has 0 aliphatic carbocycles. The number of carbonyl (C=O) groups is 4. The van der Waals surface area contributed by atoms with Crippen LogP contribution in [0.5, 0.6) is 5.75 Å². The van der Waals surface area contributed by atoms with E-state index in [4.69, 9.17) is 10.8 Å². The number of hydrogen-bond acceptors (Lipinski definition) is 8. The van der Waals surface area contributed by atoms with Crippen molar-refractivity contribution in [1.82, 2.24) is 16.0 Å². The molecule has 1 aromatic rings. The molecule has 0 fully saturated rings. The van der Waals surface area contributed by atoms with Crippen molar-refractivity contribution in [3.05, 3.63) is 29.8 Å². The highest BCUT2D eigenvalue weighted by atomic mass is 32.1. The molecule has 172 valence electrons. The predicted octanol–water partition coefficient (Wildman–Crippen LogP) is -1.87. The summed E-state index contributed by atoms with van der Waals surface area (Å²) in [6.07, 6.45) is -1.18. The SMILES string of the molecule is CC(NC(=O)C(NC(=O)C(CS)NC(=O)C(N)Cc1ccc(O)cc1)C(C)O)C(=O)O. The standard InChI is InChI=1S/C19H28N4O7S/c1-9(19(29)30)21-18(28)15(10(2)24)23-17(27)14(8-31)22-16(26)13(20)7-11-3-5-12(25)6-4-11/h3-6,9-10,13-15,24-25,31H,7-8,20H2,1-2H3,(H,21,28)(H,22,26)(H,23,27)(H,29,30). The highest BCUT2D eigenvalue weighted by molar-refractivity contribution is 7.80. The molecule has 0 radical (unpaired) electrons. The second-order valence-electron chi connectivity index (χ2n) is 7.02. The number of benzene rings is 1. The van der Waals surface area contributed by atoms with Gasteiger partial charge in [-0.1, -0.05) is 12.1 Å². The Hall–Kier alpha value is -2.83. The quantitative estimate of drug-likeness (QED) is 0.178. The fraction of sp³-hybridized carbons (Fsp3) is 0.474. The van der Waals surface area contributed by atoms with Crippen molar-refractivity contribution in [2.45, 2.75) is 50.5 Å². The third kappa shape index (κ3) is 8.44. The number of hydrogen-bond donors (Lipinski definition) is 8. The summed E-state index contributed by atoms with van der Waals surface area (Å²) >= 11 is 4.03. The summed E-state index contributed by atoms with van der Waals surface area (Å²) in [6, 6.07) is 1.29. The molecule has 0 bridgehead atoms. The summed E-state index contributed by atoms with van der Waals surface area (Å²) in [5.41, 5.74) is 6.58. The van der Waals surface area contributed by atoms with E-state index in [9.17, 15) is 29.4 Å². The lowest BCUT2D eigenvalue weighted by molar-refractivity contribution is -0.142. The molecule has 12 heteroatoms. The monoisotopic (exact) mass is 456 g/mol. The number of thiol groups is 1. The molecular formula is C19H28N4O7S. The number of nitrogens with two attached hydrogens (primary N) is 1. The first-order valence-electron chi connectivity index (χ1n) is 9.42. The lowest BCUT2D eigenvalue weighted by atomic mass is 10.1. The van der Waals surface area contributed by atoms with Gasteiger partial charge in [-0.25, -0.2) is 0 Å². The Morgan fingerprint density at radius 2 is 1.58 bits per heavy atom. The van der Waals surface area contributed by atoms with Gasteiger partial charge in [0.05, 0.1) is 12.1 Å². The number of carboxylic acid groups (broad SMARTS) is 1. The van der Waals surface area contributed by atoms with E-state index in [1.807, 2.05) is 0 Å². The summed E-state index contributed by atoms with van der Waals surface area (Å²) in [6.45, 7) is 2.48. The Balaban J connectivity index is 2.74. The fourth-order valence-corrected chi connectivity index (χ4v) is 2.73. The zero-order chi connectivity index (χ0) is 23.7. The van der Waals surface area contributed by atoms with Crippen LogP contribution < -0.4 is 21.7 Å². The smallest absolute Gasteiger partial charge is 0.325 e. The van der Waals surface area contributed by atoms with Gasteiger partial charge in [0.15, 0.2) is 0 Å². The van der Waals surface area contributed by atoms with E-state index in [1.165, 1.54) is 26.0 Å². The van der Waals surface area contributed by atoms with Gasteiger partial charge in [-0.05, 0) is 38.0 Å². The molecule has 0 saturated heterocycles. The number of carbonyl (C=O) groups excluding carboxylic acids is 3. The van der Waals surface area contributed by atoms with Crippen LogP contribution >= 0.6 is 12.6 Å². The molecule has 3 amide bonds. The Bertz CT molecular complexity index is 788. The number of aliphatic hydroxyl groups excluding tert-OH is 1. The number of rotatable bonds is 11. The first-order valence-corrected chi connectivity index (χ1v) is 10.1. The maximum atomic E-state index is 12.5. The molecule has 5 unspecified atom stereocenters. The number of aromatic hydroxyl groups is 1. The average molecular weight is 457 g/mol. The van der Waals surface area contributed by atoms with Gasteiger partial charge in [-0.3, -0.25) is 19.2 Å². The van der Waals surface area contributed by atoms with Crippen molar-refractivity contribution in [3.63, 3.8) is 0 Å². The third-order valence-electron chi connectivity index (χ3n) is 4.34. The number of nitrogens with one attached hydrogen (secondary N) is 3. The first kappa shape index (κ1) is 26.2. The molecule has 0 aliphatic heterocycles. The molecule has 11 nitrogen and oxygen atoms in total. The van der Waals surface area contributed by atoms with Crippen LogP contribution in [0.4, 0.5) is 0 Å². The summed E-state index contributed by atoms with van der Waals surface area (Å²) in [4.78, 5) is 48.0. The molecule has 0 heterocycles. The third-order valence-corrected chi connectivity index (χ3v) is 4.70.